The van der Waals surface area contributed by atoms with Gasteiger partial charge in [0.05, 0.1) is 5.71 Å². The van der Waals surface area contributed by atoms with Crippen LogP contribution in [-0.2, 0) is 0 Å². The molecule has 0 unspecified atom stereocenters. The van der Waals surface area contributed by atoms with Crippen LogP contribution < -0.4 is 11.5 Å². The molecule has 1 aromatic rings. The van der Waals surface area contributed by atoms with Gasteiger partial charge in [-0.1, -0.05) is 0 Å². The van der Waals surface area contributed by atoms with Crippen LogP contribution in [0.25, 0.3) is 0 Å². The number of nitrogens with two attached hydrogens (primary N) is 2. The normalized spacial score (nSPS) is 11.0. The van der Waals surface area contributed by atoms with Gasteiger partial charge >= 0.3 is 5.97 Å². The van der Waals surface area contributed by atoms with E-state index in [-0.39, 0.29) is 17.3 Å². The highest BCUT2D eigenvalue weighted by atomic mass is 16.4. The molecular weight excluding hydrogens is 224 g/mol. The highest BCUT2D eigenvalue weighted by Gasteiger charge is 2.11. The van der Waals surface area contributed by atoms with E-state index in [0.29, 0.717) is 11.3 Å². The van der Waals surface area contributed by atoms with Crippen molar-refractivity contribution in [2.45, 2.75) is 6.92 Å². The number of guanidine groups is 1. The molecule has 7 nitrogen and oxygen atoms in total. The fourth-order valence-corrected chi connectivity index (χ4v) is 1.12. The number of carboxylic acid groups (broad SMARTS) is 1. The molecule has 0 aliphatic carbocycles. The number of aromatic carboxylic acids is 1. The Labute approximate surface area is 97.1 Å². The van der Waals surface area contributed by atoms with Crippen LogP contribution in [0, 0.1) is 0 Å². The maximum Gasteiger partial charge on any atom is 0.339 e. The second-order valence-electron chi connectivity index (χ2n) is 3.25. The van der Waals surface area contributed by atoms with Crippen molar-refractivity contribution in [3.8, 4) is 5.75 Å². The van der Waals surface area contributed by atoms with Gasteiger partial charge < -0.3 is 21.7 Å². The maximum atomic E-state index is 10.8. The molecule has 1 aromatic carbocycles. The second kappa shape index (κ2) is 4.97. The molecule has 0 heterocycles. The van der Waals surface area contributed by atoms with Crippen LogP contribution in [0.15, 0.2) is 28.4 Å². The van der Waals surface area contributed by atoms with Gasteiger partial charge in [-0.3, -0.25) is 0 Å². The molecule has 17 heavy (non-hydrogen) atoms. The first-order chi connectivity index (χ1) is 7.91. The quantitative estimate of drug-likeness (QED) is 0.335. The van der Waals surface area contributed by atoms with Gasteiger partial charge in [0, 0.05) is 0 Å². The van der Waals surface area contributed by atoms with Crippen molar-refractivity contribution in [1.29, 1.82) is 0 Å². The Balaban J connectivity index is 3.16. The van der Waals surface area contributed by atoms with Crippen molar-refractivity contribution in [1.82, 2.24) is 0 Å². The van der Waals surface area contributed by atoms with E-state index >= 15 is 0 Å². The summed E-state index contributed by atoms with van der Waals surface area (Å²) in [5.41, 5.74) is 10.9. The number of hydrogen-bond donors (Lipinski definition) is 4. The summed E-state index contributed by atoms with van der Waals surface area (Å²) in [4.78, 5) is 10.8. The van der Waals surface area contributed by atoms with Crippen molar-refractivity contribution in [3.63, 3.8) is 0 Å². The second-order valence-corrected chi connectivity index (χ2v) is 3.25. The molecule has 0 aliphatic rings. The van der Waals surface area contributed by atoms with Crippen molar-refractivity contribution in [2.24, 2.45) is 21.7 Å². The molecule has 0 saturated carbocycles. The molecule has 0 radical (unpaired) electrons. The summed E-state index contributed by atoms with van der Waals surface area (Å²) in [6.07, 6.45) is 0. The zero-order valence-electron chi connectivity index (χ0n) is 9.08. The van der Waals surface area contributed by atoms with E-state index in [1.807, 2.05) is 0 Å². The fraction of sp³-hybridized carbons (Fsp3) is 0.100. The smallest absolute Gasteiger partial charge is 0.339 e. The number of carboxylic acids is 1. The van der Waals surface area contributed by atoms with E-state index in [0.717, 1.165) is 0 Å². The molecule has 6 N–H and O–H groups in total. The van der Waals surface area contributed by atoms with Crippen LogP contribution in [0.3, 0.4) is 0 Å². The third-order valence-corrected chi connectivity index (χ3v) is 1.96. The summed E-state index contributed by atoms with van der Waals surface area (Å²) in [6.45, 7) is 1.62. The lowest BCUT2D eigenvalue weighted by atomic mass is 10.1. The molecule has 0 spiro atoms. The van der Waals surface area contributed by atoms with Gasteiger partial charge in [-0.2, -0.15) is 5.10 Å². The van der Waals surface area contributed by atoms with Crippen LogP contribution in [0.2, 0.25) is 0 Å². The summed E-state index contributed by atoms with van der Waals surface area (Å²) in [5, 5.41) is 25.3. The molecule has 7 heteroatoms. The monoisotopic (exact) mass is 236 g/mol. The predicted octanol–water partition coefficient (Wildman–Crippen LogP) is 0.0878. The molecule has 0 aliphatic heterocycles. The molecule has 0 fully saturated rings. The van der Waals surface area contributed by atoms with Gasteiger partial charge in [0.15, 0.2) is 0 Å². The number of carbonyl (C=O) groups is 1. The van der Waals surface area contributed by atoms with Gasteiger partial charge in [-0.15, -0.1) is 5.10 Å². The molecule has 0 aromatic heterocycles. The Morgan fingerprint density at radius 1 is 1.29 bits per heavy atom. The van der Waals surface area contributed by atoms with Crippen LogP contribution in [0.5, 0.6) is 5.75 Å². The highest BCUT2D eigenvalue weighted by molar-refractivity contribution is 6.01. The van der Waals surface area contributed by atoms with Crippen molar-refractivity contribution < 1.29 is 15.0 Å². The van der Waals surface area contributed by atoms with Gasteiger partial charge in [-0.25, -0.2) is 4.79 Å². The van der Waals surface area contributed by atoms with E-state index in [1.54, 1.807) is 6.92 Å². The van der Waals surface area contributed by atoms with E-state index < -0.39 is 5.97 Å². The minimum absolute atomic E-state index is 0.193. The first-order valence-electron chi connectivity index (χ1n) is 4.61. The number of hydrogen-bond acceptors (Lipinski definition) is 4. The zero-order chi connectivity index (χ0) is 13.0. The van der Waals surface area contributed by atoms with Crippen LogP contribution >= 0.6 is 0 Å². The first-order valence-corrected chi connectivity index (χ1v) is 4.61. The number of benzene rings is 1. The third kappa shape index (κ3) is 3.20. The Hall–Kier alpha value is -2.57. The topological polar surface area (TPSA) is 134 Å². The lowest BCUT2D eigenvalue weighted by molar-refractivity contribution is 0.0693. The summed E-state index contributed by atoms with van der Waals surface area (Å²) >= 11 is 0. The highest BCUT2D eigenvalue weighted by Crippen LogP contribution is 2.18. The number of nitrogens with zero attached hydrogens (tertiary/aromatic N) is 2. The molecule has 0 bridgehead atoms. The number of aromatic hydroxyl groups is 1. The first kappa shape index (κ1) is 12.5. The van der Waals surface area contributed by atoms with Crippen molar-refractivity contribution in [3.05, 3.63) is 29.3 Å². The third-order valence-electron chi connectivity index (χ3n) is 1.96. The van der Waals surface area contributed by atoms with Gasteiger partial charge in [0.1, 0.15) is 11.3 Å². The number of rotatable bonds is 3. The van der Waals surface area contributed by atoms with E-state index in [1.165, 1.54) is 18.2 Å². The zero-order valence-corrected chi connectivity index (χ0v) is 9.08. The molecule has 0 atom stereocenters. The van der Waals surface area contributed by atoms with E-state index in [2.05, 4.69) is 10.2 Å². The fourth-order valence-electron chi connectivity index (χ4n) is 1.12. The molecule has 1 rings (SSSR count). The van der Waals surface area contributed by atoms with Gasteiger partial charge in [0.25, 0.3) is 0 Å². The van der Waals surface area contributed by atoms with Crippen LogP contribution in [0.1, 0.15) is 22.8 Å². The minimum Gasteiger partial charge on any atom is -0.507 e. The predicted molar refractivity (Wildman–Crippen MR) is 63.1 cm³/mol. The van der Waals surface area contributed by atoms with E-state index in [4.69, 9.17) is 16.6 Å². The van der Waals surface area contributed by atoms with Crippen molar-refractivity contribution in [2.75, 3.05) is 0 Å². The minimum atomic E-state index is -1.22. The average Bonchev–Trinajstić information content (AvgIpc) is 2.26. The summed E-state index contributed by atoms with van der Waals surface area (Å²) in [7, 11) is 0. The Morgan fingerprint density at radius 3 is 2.47 bits per heavy atom. The Morgan fingerprint density at radius 2 is 1.94 bits per heavy atom. The lowest BCUT2D eigenvalue weighted by Crippen LogP contribution is -2.22. The largest absolute Gasteiger partial charge is 0.507 e. The molecule has 0 saturated heterocycles. The standard InChI is InChI=1S/C10H12N4O3/c1-5(13-14-10(11)12)6-2-3-8(15)7(4-6)9(16)17/h2-4,15H,1H3,(H,16,17)(H4,11,12,14)/b13-5+. The van der Waals surface area contributed by atoms with Crippen LogP contribution in [-0.4, -0.2) is 27.9 Å². The van der Waals surface area contributed by atoms with Gasteiger partial charge in [0.2, 0.25) is 5.96 Å². The van der Waals surface area contributed by atoms with E-state index in [9.17, 15) is 9.90 Å². The molecular formula is C10H12N4O3. The van der Waals surface area contributed by atoms with Crippen molar-refractivity contribution >= 4 is 17.6 Å². The average molecular weight is 236 g/mol. The SMILES string of the molecule is C/C(=N\N=C(N)N)c1ccc(O)c(C(=O)O)c1. The number of phenols is 1. The Kier molecular flexibility index (Phi) is 3.66. The molecule has 0 amide bonds. The maximum absolute atomic E-state index is 10.8. The van der Waals surface area contributed by atoms with Crippen LogP contribution in [0.4, 0.5) is 0 Å². The van der Waals surface area contributed by atoms with Gasteiger partial charge in [-0.05, 0) is 30.7 Å². The Bertz CT molecular complexity index is 504. The molecule has 90 valence electrons. The lowest BCUT2D eigenvalue weighted by Gasteiger charge is -2.03. The summed E-state index contributed by atoms with van der Waals surface area (Å²) < 4.78 is 0. The summed E-state index contributed by atoms with van der Waals surface area (Å²) in [5.74, 6) is -1.73. The summed E-state index contributed by atoms with van der Waals surface area (Å²) in [6, 6.07) is 4.08.